The van der Waals surface area contributed by atoms with Gasteiger partial charge in [0.1, 0.15) is 5.54 Å². The maximum Gasteiger partial charge on any atom is 0.338 e. The molecule has 1 fully saturated rings. The number of rotatable bonds is 6. The molecule has 1 unspecified atom stereocenters. The van der Waals surface area contributed by atoms with E-state index in [9.17, 15) is 14.4 Å². The van der Waals surface area contributed by atoms with E-state index in [-0.39, 0.29) is 5.78 Å². The molecule has 1 saturated carbocycles. The van der Waals surface area contributed by atoms with Crippen LogP contribution in [0, 0.1) is 0 Å². The minimum absolute atomic E-state index is 0.0629. The summed E-state index contributed by atoms with van der Waals surface area (Å²) in [4.78, 5) is 43.9. The van der Waals surface area contributed by atoms with Gasteiger partial charge in [0, 0.05) is 29.6 Å². The molecule has 33 heavy (non-hydrogen) atoms. The van der Waals surface area contributed by atoms with E-state index in [2.05, 4.69) is 4.98 Å². The summed E-state index contributed by atoms with van der Waals surface area (Å²) in [5.41, 5.74) is 0.487. The highest BCUT2D eigenvalue weighted by molar-refractivity contribution is 6.31. The number of Topliss-reactive ketones (excluding diaryl/α,β-unsaturated/α-hetero) is 1. The molecule has 8 heteroatoms. The zero-order chi connectivity index (χ0) is 23.4. The number of ether oxygens (including phenoxy) is 1. The van der Waals surface area contributed by atoms with Gasteiger partial charge in [0.2, 0.25) is 0 Å². The summed E-state index contributed by atoms with van der Waals surface area (Å²) < 4.78 is 10.5. The van der Waals surface area contributed by atoms with Gasteiger partial charge >= 0.3 is 5.97 Å². The Hall–Kier alpha value is -3.45. The maximum absolute atomic E-state index is 13.1. The molecular weight excluding hydrogens is 444 g/mol. The van der Waals surface area contributed by atoms with Gasteiger partial charge in [-0.2, -0.15) is 0 Å². The average molecular weight is 467 g/mol. The van der Waals surface area contributed by atoms with Crippen LogP contribution in [0.5, 0.6) is 0 Å². The topological polar surface area (TPSA) is 89.7 Å². The first-order valence-electron chi connectivity index (χ1n) is 10.6. The molecule has 0 bridgehead atoms. The molecular formula is C25H23ClN2O5. The van der Waals surface area contributed by atoms with Crippen LogP contribution in [0.3, 0.4) is 0 Å². The molecule has 0 spiro atoms. The molecule has 2 aromatic carbocycles. The van der Waals surface area contributed by atoms with Crippen molar-refractivity contribution in [2.24, 2.45) is 0 Å². The SMILES string of the molecule is CN(C(=O)COC(=O)c1ccc(-c2cnco2)cc1)C1(c2ccccc2Cl)CCCCC1=O. The van der Waals surface area contributed by atoms with E-state index in [1.54, 1.807) is 61.8 Å². The number of amides is 1. The Bertz CT molecular complexity index is 1160. The van der Waals surface area contributed by atoms with E-state index in [1.807, 2.05) is 0 Å². The van der Waals surface area contributed by atoms with Gasteiger partial charge < -0.3 is 14.1 Å². The molecule has 0 saturated heterocycles. The fourth-order valence-electron chi connectivity index (χ4n) is 4.28. The summed E-state index contributed by atoms with van der Waals surface area (Å²) in [5, 5.41) is 0.427. The van der Waals surface area contributed by atoms with E-state index in [4.69, 9.17) is 20.8 Å². The number of ketones is 1. The molecule has 7 nitrogen and oxygen atoms in total. The van der Waals surface area contributed by atoms with Crippen LogP contribution in [-0.2, 0) is 19.9 Å². The van der Waals surface area contributed by atoms with Crippen molar-refractivity contribution >= 4 is 29.3 Å². The smallest absolute Gasteiger partial charge is 0.338 e. The first kappa shape index (κ1) is 22.7. The standard InChI is InChI=1S/C25H23ClN2O5/c1-28(25(13-5-4-8-22(25)29)19-6-2-3-7-20(19)26)23(30)15-32-24(31)18-11-9-17(10-12-18)21-14-27-16-33-21/h2-3,6-7,9-12,14,16H,4-5,8,13,15H2,1H3. The molecule has 0 aliphatic heterocycles. The first-order chi connectivity index (χ1) is 15.9. The van der Waals surface area contributed by atoms with Gasteiger partial charge in [-0.3, -0.25) is 9.59 Å². The van der Waals surface area contributed by atoms with Crippen molar-refractivity contribution in [1.29, 1.82) is 0 Å². The number of aromatic nitrogens is 1. The fraction of sp³-hybridized carbons (Fsp3) is 0.280. The molecule has 170 valence electrons. The normalized spacial score (nSPS) is 18.1. The van der Waals surface area contributed by atoms with Gasteiger partial charge in [0.15, 0.2) is 24.5 Å². The third kappa shape index (κ3) is 4.41. The van der Waals surface area contributed by atoms with Crippen molar-refractivity contribution in [2.45, 2.75) is 31.2 Å². The highest BCUT2D eigenvalue weighted by atomic mass is 35.5. The number of esters is 1. The van der Waals surface area contributed by atoms with Crippen molar-refractivity contribution in [3.63, 3.8) is 0 Å². The predicted molar refractivity (Wildman–Crippen MR) is 122 cm³/mol. The number of carbonyl (C=O) groups is 3. The number of carbonyl (C=O) groups excluding carboxylic acids is 3. The van der Waals surface area contributed by atoms with Gasteiger partial charge in [-0.15, -0.1) is 0 Å². The van der Waals surface area contributed by atoms with Crippen LogP contribution in [0.25, 0.3) is 11.3 Å². The van der Waals surface area contributed by atoms with Crippen molar-refractivity contribution in [1.82, 2.24) is 9.88 Å². The Morgan fingerprint density at radius 3 is 2.58 bits per heavy atom. The van der Waals surface area contributed by atoms with Crippen LogP contribution in [0.2, 0.25) is 5.02 Å². The van der Waals surface area contributed by atoms with E-state index in [0.29, 0.717) is 34.8 Å². The molecule has 3 aromatic rings. The van der Waals surface area contributed by atoms with Crippen LogP contribution in [0.4, 0.5) is 0 Å². The zero-order valence-electron chi connectivity index (χ0n) is 18.1. The summed E-state index contributed by atoms with van der Waals surface area (Å²) in [6, 6.07) is 13.7. The number of hydrogen-bond donors (Lipinski definition) is 0. The molecule has 0 radical (unpaired) electrons. The minimum atomic E-state index is -1.17. The molecule has 1 heterocycles. The number of hydrogen-bond acceptors (Lipinski definition) is 6. The number of halogens is 1. The van der Waals surface area contributed by atoms with Gasteiger partial charge in [-0.25, -0.2) is 9.78 Å². The van der Waals surface area contributed by atoms with E-state index < -0.39 is 24.0 Å². The Morgan fingerprint density at radius 1 is 1.15 bits per heavy atom. The average Bonchev–Trinajstić information content (AvgIpc) is 3.38. The van der Waals surface area contributed by atoms with Crippen molar-refractivity contribution in [2.75, 3.05) is 13.7 Å². The quantitative estimate of drug-likeness (QED) is 0.491. The lowest BCUT2D eigenvalue weighted by atomic mass is 9.74. The Labute approximate surface area is 196 Å². The summed E-state index contributed by atoms with van der Waals surface area (Å²) in [6.07, 6.45) is 5.28. The van der Waals surface area contributed by atoms with Gasteiger partial charge in [0.25, 0.3) is 5.91 Å². The largest absolute Gasteiger partial charge is 0.452 e. The molecule has 4 rings (SSSR count). The third-order valence-corrected chi connectivity index (χ3v) is 6.41. The number of nitrogens with zero attached hydrogens (tertiary/aromatic N) is 2. The van der Waals surface area contributed by atoms with Crippen molar-refractivity contribution in [3.05, 3.63) is 77.3 Å². The number of benzene rings is 2. The molecule has 1 aliphatic rings. The molecule has 1 aromatic heterocycles. The molecule has 1 atom stereocenters. The summed E-state index contributed by atoms with van der Waals surface area (Å²) in [7, 11) is 1.56. The van der Waals surface area contributed by atoms with E-state index in [0.717, 1.165) is 18.4 Å². The fourth-order valence-corrected chi connectivity index (χ4v) is 4.57. The summed E-state index contributed by atoms with van der Waals surface area (Å²) in [6.45, 7) is -0.487. The maximum atomic E-state index is 13.1. The second kappa shape index (κ2) is 9.58. The summed E-state index contributed by atoms with van der Waals surface area (Å²) in [5.74, 6) is -0.597. The lowest BCUT2D eigenvalue weighted by Crippen LogP contribution is -2.55. The molecule has 1 aliphatic carbocycles. The predicted octanol–water partition coefficient (Wildman–Crippen LogP) is 4.65. The zero-order valence-corrected chi connectivity index (χ0v) is 18.9. The van der Waals surface area contributed by atoms with Crippen LogP contribution < -0.4 is 0 Å². The first-order valence-corrected chi connectivity index (χ1v) is 11.0. The monoisotopic (exact) mass is 466 g/mol. The van der Waals surface area contributed by atoms with Gasteiger partial charge in [-0.1, -0.05) is 41.9 Å². The minimum Gasteiger partial charge on any atom is -0.452 e. The third-order valence-electron chi connectivity index (χ3n) is 6.08. The van der Waals surface area contributed by atoms with Gasteiger partial charge in [0.05, 0.1) is 11.8 Å². The Kier molecular flexibility index (Phi) is 6.60. The second-order valence-electron chi connectivity index (χ2n) is 7.94. The van der Waals surface area contributed by atoms with Gasteiger partial charge in [-0.05, 0) is 37.5 Å². The van der Waals surface area contributed by atoms with Crippen LogP contribution >= 0.6 is 11.6 Å². The van der Waals surface area contributed by atoms with E-state index in [1.165, 1.54) is 11.3 Å². The van der Waals surface area contributed by atoms with Crippen molar-refractivity contribution < 1.29 is 23.5 Å². The number of likely N-dealkylation sites (N-methyl/N-ethyl adjacent to an activating group) is 1. The van der Waals surface area contributed by atoms with E-state index >= 15 is 0 Å². The highest BCUT2D eigenvalue weighted by Gasteiger charge is 2.48. The van der Waals surface area contributed by atoms with Crippen LogP contribution in [0.1, 0.15) is 41.6 Å². The second-order valence-corrected chi connectivity index (χ2v) is 8.35. The Morgan fingerprint density at radius 2 is 1.91 bits per heavy atom. The molecule has 0 N–H and O–H groups in total. The lowest BCUT2D eigenvalue weighted by molar-refractivity contribution is -0.150. The van der Waals surface area contributed by atoms with Crippen LogP contribution in [0.15, 0.2) is 65.5 Å². The number of oxazole rings is 1. The Balaban J connectivity index is 1.48. The summed E-state index contributed by atoms with van der Waals surface area (Å²) >= 11 is 6.43. The van der Waals surface area contributed by atoms with Crippen LogP contribution in [-0.4, -0.2) is 41.2 Å². The van der Waals surface area contributed by atoms with Crippen molar-refractivity contribution in [3.8, 4) is 11.3 Å². The lowest BCUT2D eigenvalue weighted by Gasteiger charge is -2.43. The highest BCUT2D eigenvalue weighted by Crippen LogP contribution is 2.42. The molecule has 1 amide bonds.